The van der Waals surface area contributed by atoms with E-state index in [-0.39, 0.29) is 5.70 Å². The summed E-state index contributed by atoms with van der Waals surface area (Å²) in [6.45, 7) is 0. The van der Waals surface area contributed by atoms with E-state index in [0.29, 0.717) is 17.3 Å². The van der Waals surface area contributed by atoms with Crippen LogP contribution in [0.25, 0.3) is 11.4 Å². The Morgan fingerprint density at radius 2 is 1.82 bits per heavy atom. The molecule has 0 saturated heterocycles. The van der Waals surface area contributed by atoms with E-state index in [1.54, 1.807) is 35.0 Å². The number of allylic oxidation sites excluding steroid dienone is 1. The third-order valence-electron chi connectivity index (χ3n) is 4.40. The molecule has 1 aliphatic rings. The van der Waals surface area contributed by atoms with Crippen molar-refractivity contribution in [2.45, 2.75) is 6.04 Å². The van der Waals surface area contributed by atoms with Gasteiger partial charge in [-0.05, 0) is 23.8 Å². The van der Waals surface area contributed by atoms with Crippen LogP contribution in [0, 0.1) is 0 Å². The van der Waals surface area contributed by atoms with Crippen LogP contribution in [-0.2, 0) is 9.53 Å². The predicted octanol–water partition coefficient (Wildman–Crippen LogP) is 2.72. The first kappa shape index (κ1) is 17.5. The highest BCUT2D eigenvalue weighted by Gasteiger charge is 2.27. The van der Waals surface area contributed by atoms with E-state index in [0.717, 1.165) is 11.1 Å². The summed E-state index contributed by atoms with van der Waals surface area (Å²) in [5.74, 6) is -0.710. The molecule has 28 heavy (non-hydrogen) atoms. The number of ether oxygens (including phenoxy) is 1. The minimum atomic E-state index is -1.09. The Labute approximate surface area is 160 Å². The zero-order valence-corrected chi connectivity index (χ0v) is 14.9. The van der Waals surface area contributed by atoms with Gasteiger partial charge in [0.15, 0.2) is 5.82 Å². The van der Waals surface area contributed by atoms with Crippen molar-refractivity contribution < 1.29 is 19.4 Å². The van der Waals surface area contributed by atoms with Crippen molar-refractivity contribution in [3.8, 4) is 11.4 Å². The lowest BCUT2D eigenvalue weighted by Crippen LogP contribution is -2.24. The number of carbonyl (C=O) groups excluding carboxylic acids is 1. The second-order valence-electron chi connectivity index (χ2n) is 6.14. The molecule has 0 unspecified atom stereocenters. The van der Waals surface area contributed by atoms with E-state index < -0.39 is 18.0 Å². The summed E-state index contributed by atoms with van der Waals surface area (Å²) >= 11 is 0. The number of fused-ring (bicyclic) bond motifs is 1. The molecule has 1 aliphatic heterocycles. The lowest BCUT2D eigenvalue weighted by atomic mass is 10.0. The molecule has 140 valence electrons. The second-order valence-corrected chi connectivity index (χ2v) is 6.14. The number of hydrogen-bond acceptors (Lipinski definition) is 6. The fourth-order valence-corrected chi connectivity index (χ4v) is 3.00. The summed E-state index contributed by atoms with van der Waals surface area (Å²) in [5, 5.41) is 16.8. The number of carboxylic acid groups (broad SMARTS) is 1. The molecule has 0 amide bonds. The number of methoxy groups -OCH3 is 1. The number of hydrogen-bond donors (Lipinski definition) is 2. The van der Waals surface area contributed by atoms with Crippen LogP contribution in [0.15, 0.2) is 66.4 Å². The number of carboxylic acids is 1. The monoisotopic (exact) mass is 376 g/mol. The SMILES string of the molecule is COC(=O)c1ccc([C@H]2C=C(C(=O)O)Nc3nc(-c4ccccc4)nn32)cc1. The minimum Gasteiger partial charge on any atom is -0.477 e. The van der Waals surface area contributed by atoms with Crippen LogP contribution in [0.2, 0.25) is 0 Å². The van der Waals surface area contributed by atoms with Gasteiger partial charge in [-0.25, -0.2) is 14.3 Å². The average molecular weight is 376 g/mol. The van der Waals surface area contributed by atoms with Crippen molar-refractivity contribution >= 4 is 17.9 Å². The number of nitrogens with one attached hydrogen (secondary N) is 1. The maximum absolute atomic E-state index is 11.7. The van der Waals surface area contributed by atoms with E-state index in [4.69, 9.17) is 4.74 Å². The zero-order chi connectivity index (χ0) is 19.7. The van der Waals surface area contributed by atoms with Crippen LogP contribution in [0.5, 0.6) is 0 Å². The molecule has 1 aromatic heterocycles. The molecule has 0 spiro atoms. The lowest BCUT2D eigenvalue weighted by molar-refractivity contribution is -0.132. The van der Waals surface area contributed by atoms with Crippen LogP contribution in [-0.4, -0.2) is 38.9 Å². The first-order valence-electron chi connectivity index (χ1n) is 8.49. The summed E-state index contributed by atoms with van der Waals surface area (Å²) in [7, 11) is 1.32. The van der Waals surface area contributed by atoms with Crippen LogP contribution in [0.3, 0.4) is 0 Å². The Hall–Kier alpha value is -3.94. The highest BCUT2D eigenvalue weighted by molar-refractivity contribution is 5.91. The van der Waals surface area contributed by atoms with E-state index >= 15 is 0 Å². The normalized spacial score (nSPS) is 15.2. The van der Waals surface area contributed by atoms with Gasteiger partial charge in [0, 0.05) is 5.56 Å². The quantitative estimate of drug-likeness (QED) is 0.674. The molecular formula is C20H16N4O4. The number of carbonyl (C=O) groups is 2. The van der Waals surface area contributed by atoms with Gasteiger partial charge in [0.05, 0.1) is 12.7 Å². The summed E-state index contributed by atoms with van der Waals surface area (Å²) in [6, 6.07) is 15.7. The van der Waals surface area contributed by atoms with Crippen molar-refractivity contribution in [3.63, 3.8) is 0 Å². The third kappa shape index (κ3) is 3.11. The molecular weight excluding hydrogens is 360 g/mol. The minimum absolute atomic E-state index is 0.0153. The van der Waals surface area contributed by atoms with E-state index in [1.165, 1.54) is 7.11 Å². The van der Waals surface area contributed by atoms with Crippen molar-refractivity contribution in [3.05, 3.63) is 77.5 Å². The third-order valence-corrected chi connectivity index (χ3v) is 4.40. The van der Waals surface area contributed by atoms with Crippen molar-refractivity contribution in [2.24, 2.45) is 0 Å². The van der Waals surface area contributed by atoms with Crippen LogP contribution in [0.4, 0.5) is 5.95 Å². The number of anilines is 1. The van der Waals surface area contributed by atoms with Gasteiger partial charge in [0.2, 0.25) is 5.95 Å². The van der Waals surface area contributed by atoms with Gasteiger partial charge < -0.3 is 15.2 Å². The number of rotatable bonds is 4. The van der Waals surface area contributed by atoms with Gasteiger partial charge in [-0.1, -0.05) is 42.5 Å². The topological polar surface area (TPSA) is 106 Å². The largest absolute Gasteiger partial charge is 0.477 e. The Kier molecular flexibility index (Phi) is 4.36. The number of nitrogens with zero attached hydrogens (tertiary/aromatic N) is 3. The number of benzene rings is 2. The van der Waals surface area contributed by atoms with Gasteiger partial charge in [-0.2, -0.15) is 4.98 Å². The molecule has 0 radical (unpaired) electrons. The fourth-order valence-electron chi connectivity index (χ4n) is 3.00. The molecule has 0 aliphatic carbocycles. The Morgan fingerprint density at radius 3 is 2.46 bits per heavy atom. The highest BCUT2D eigenvalue weighted by atomic mass is 16.5. The van der Waals surface area contributed by atoms with E-state index in [1.807, 2.05) is 30.3 Å². The van der Waals surface area contributed by atoms with E-state index in [9.17, 15) is 14.7 Å². The standard InChI is InChI=1S/C20H16N4O4/c1-28-19(27)14-9-7-12(8-10-14)16-11-15(18(25)26)21-20-22-17(23-24(16)20)13-5-3-2-4-6-13/h2-11,16H,1H3,(H,25,26)(H,21,22,23)/t16-/m1/s1. The maximum Gasteiger partial charge on any atom is 0.352 e. The Morgan fingerprint density at radius 1 is 1.11 bits per heavy atom. The summed E-state index contributed by atoms with van der Waals surface area (Å²) in [5.41, 5.74) is 2.01. The summed E-state index contributed by atoms with van der Waals surface area (Å²) in [6.07, 6.45) is 1.56. The smallest absolute Gasteiger partial charge is 0.352 e. The number of esters is 1. The summed E-state index contributed by atoms with van der Waals surface area (Å²) in [4.78, 5) is 27.7. The van der Waals surface area contributed by atoms with Crippen LogP contribution >= 0.6 is 0 Å². The highest BCUT2D eigenvalue weighted by Crippen LogP contribution is 2.31. The molecule has 2 aromatic carbocycles. The van der Waals surface area contributed by atoms with Gasteiger partial charge in [-0.3, -0.25) is 0 Å². The molecule has 2 heterocycles. The van der Waals surface area contributed by atoms with Gasteiger partial charge >= 0.3 is 11.9 Å². The van der Waals surface area contributed by atoms with Gasteiger partial charge in [-0.15, -0.1) is 5.10 Å². The molecule has 4 rings (SSSR count). The van der Waals surface area contributed by atoms with Gasteiger partial charge in [0.1, 0.15) is 11.7 Å². The van der Waals surface area contributed by atoms with Crippen LogP contribution in [0.1, 0.15) is 22.0 Å². The molecule has 8 heteroatoms. The summed E-state index contributed by atoms with van der Waals surface area (Å²) < 4.78 is 6.34. The van der Waals surface area contributed by atoms with Crippen molar-refractivity contribution in [1.82, 2.24) is 14.8 Å². The molecule has 8 nitrogen and oxygen atoms in total. The molecule has 2 N–H and O–H groups in total. The number of aliphatic carboxylic acids is 1. The molecule has 0 fully saturated rings. The second kappa shape index (κ2) is 6.99. The number of aromatic nitrogens is 3. The fraction of sp³-hybridized carbons (Fsp3) is 0.100. The average Bonchev–Trinajstić information content (AvgIpc) is 3.17. The lowest BCUT2D eigenvalue weighted by Gasteiger charge is -2.22. The first-order chi connectivity index (χ1) is 13.6. The Balaban J connectivity index is 1.77. The van der Waals surface area contributed by atoms with Crippen molar-refractivity contribution in [1.29, 1.82) is 0 Å². The van der Waals surface area contributed by atoms with E-state index in [2.05, 4.69) is 15.4 Å². The molecule has 3 aromatic rings. The molecule has 1 atom stereocenters. The molecule has 0 saturated carbocycles. The van der Waals surface area contributed by atoms with Crippen molar-refractivity contribution in [2.75, 3.05) is 12.4 Å². The molecule has 0 bridgehead atoms. The predicted molar refractivity (Wildman–Crippen MR) is 101 cm³/mol. The van der Waals surface area contributed by atoms with Crippen LogP contribution < -0.4 is 5.32 Å². The Bertz CT molecular complexity index is 1070. The first-order valence-corrected chi connectivity index (χ1v) is 8.49. The maximum atomic E-state index is 11.7. The van der Waals surface area contributed by atoms with Gasteiger partial charge in [0.25, 0.3) is 0 Å². The zero-order valence-electron chi connectivity index (χ0n) is 14.9.